The maximum Gasteiger partial charge on any atom is 0.310 e. The summed E-state index contributed by atoms with van der Waals surface area (Å²) in [5.74, 6) is -0.135. The van der Waals surface area contributed by atoms with Crippen molar-refractivity contribution in [1.29, 1.82) is 0 Å². The van der Waals surface area contributed by atoms with E-state index in [9.17, 15) is 14.9 Å². The number of nitro benzene ring substituents is 1. The Morgan fingerprint density at radius 2 is 2.24 bits per heavy atom. The number of benzene rings is 1. The molecule has 21 heavy (non-hydrogen) atoms. The standard InChI is InChI=1S/C14H17ClN2O4/c1-9-6-16(8-11(9)14(18)21-2)7-10-3-4-12(15)13(5-10)17(19)20/h3-5,9,11H,6-8H2,1-2H3. The number of carbonyl (C=O) groups is 1. The molecule has 1 heterocycles. The van der Waals surface area contributed by atoms with Crippen LogP contribution < -0.4 is 0 Å². The van der Waals surface area contributed by atoms with E-state index in [-0.39, 0.29) is 28.5 Å². The molecule has 0 aliphatic carbocycles. The lowest BCUT2D eigenvalue weighted by atomic mass is 9.99. The van der Waals surface area contributed by atoms with Crippen molar-refractivity contribution in [3.63, 3.8) is 0 Å². The third-order valence-corrected chi connectivity index (χ3v) is 4.12. The molecular weight excluding hydrogens is 296 g/mol. The molecule has 1 aromatic rings. The first kappa shape index (κ1) is 15.7. The Kier molecular flexibility index (Phi) is 4.80. The fourth-order valence-corrected chi connectivity index (χ4v) is 2.90. The van der Waals surface area contributed by atoms with Gasteiger partial charge in [0.05, 0.1) is 18.0 Å². The van der Waals surface area contributed by atoms with Crippen molar-refractivity contribution in [2.45, 2.75) is 13.5 Å². The van der Waals surface area contributed by atoms with Gasteiger partial charge in [0.15, 0.2) is 0 Å². The van der Waals surface area contributed by atoms with E-state index in [0.29, 0.717) is 13.1 Å². The van der Waals surface area contributed by atoms with E-state index >= 15 is 0 Å². The molecule has 1 fully saturated rings. The molecular formula is C14H17ClN2O4. The number of hydrogen-bond acceptors (Lipinski definition) is 5. The first-order valence-electron chi connectivity index (χ1n) is 6.65. The third-order valence-electron chi connectivity index (χ3n) is 3.81. The third kappa shape index (κ3) is 3.51. The molecule has 0 aromatic heterocycles. The largest absolute Gasteiger partial charge is 0.469 e. The molecule has 0 saturated carbocycles. The molecule has 1 aliphatic heterocycles. The Morgan fingerprint density at radius 1 is 1.52 bits per heavy atom. The van der Waals surface area contributed by atoms with Gasteiger partial charge < -0.3 is 4.74 Å². The minimum Gasteiger partial charge on any atom is -0.469 e. The van der Waals surface area contributed by atoms with Crippen LogP contribution in [0.5, 0.6) is 0 Å². The van der Waals surface area contributed by atoms with Crippen molar-refractivity contribution in [2.24, 2.45) is 11.8 Å². The molecule has 6 nitrogen and oxygen atoms in total. The Labute approximate surface area is 127 Å². The van der Waals surface area contributed by atoms with Crippen molar-refractivity contribution < 1.29 is 14.5 Å². The van der Waals surface area contributed by atoms with Gasteiger partial charge in [0.1, 0.15) is 5.02 Å². The Morgan fingerprint density at radius 3 is 2.86 bits per heavy atom. The quantitative estimate of drug-likeness (QED) is 0.485. The highest BCUT2D eigenvalue weighted by Gasteiger charge is 2.35. The predicted octanol–water partition coefficient (Wildman–Crippen LogP) is 2.49. The smallest absolute Gasteiger partial charge is 0.310 e. The maximum atomic E-state index is 11.7. The Hall–Kier alpha value is -1.66. The van der Waals surface area contributed by atoms with E-state index in [4.69, 9.17) is 16.3 Å². The minimum absolute atomic E-state index is 0.0917. The zero-order chi connectivity index (χ0) is 15.6. The molecule has 114 valence electrons. The fourth-order valence-electron chi connectivity index (χ4n) is 2.71. The van der Waals surface area contributed by atoms with Crippen LogP contribution in [-0.2, 0) is 16.1 Å². The van der Waals surface area contributed by atoms with Gasteiger partial charge in [0.25, 0.3) is 5.69 Å². The second-order valence-corrected chi connectivity index (χ2v) is 5.75. The van der Waals surface area contributed by atoms with Crippen LogP contribution in [0.4, 0.5) is 5.69 Å². The first-order valence-corrected chi connectivity index (χ1v) is 7.03. The highest BCUT2D eigenvalue weighted by Crippen LogP contribution is 2.28. The predicted molar refractivity (Wildman–Crippen MR) is 78.1 cm³/mol. The number of esters is 1. The lowest BCUT2D eigenvalue weighted by Crippen LogP contribution is -2.24. The van der Waals surface area contributed by atoms with Gasteiger partial charge in [-0.25, -0.2) is 0 Å². The average molecular weight is 313 g/mol. The molecule has 1 aromatic carbocycles. The molecule has 2 rings (SSSR count). The summed E-state index contributed by atoms with van der Waals surface area (Å²) >= 11 is 5.80. The lowest BCUT2D eigenvalue weighted by molar-refractivity contribution is -0.384. The van der Waals surface area contributed by atoms with E-state index in [1.165, 1.54) is 19.2 Å². The highest BCUT2D eigenvalue weighted by molar-refractivity contribution is 6.32. The Balaban J connectivity index is 2.08. The number of ether oxygens (including phenoxy) is 1. The SMILES string of the molecule is COC(=O)C1CN(Cc2ccc(Cl)c([N+](=O)[O-])c2)CC1C. The molecule has 1 saturated heterocycles. The zero-order valence-corrected chi connectivity index (χ0v) is 12.7. The van der Waals surface area contributed by atoms with Crippen molar-refractivity contribution in [3.8, 4) is 0 Å². The average Bonchev–Trinajstić information content (AvgIpc) is 2.80. The number of carbonyl (C=O) groups excluding carboxylic acids is 1. The van der Waals surface area contributed by atoms with E-state index in [1.807, 2.05) is 6.92 Å². The summed E-state index contributed by atoms with van der Waals surface area (Å²) < 4.78 is 4.80. The van der Waals surface area contributed by atoms with Gasteiger partial charge in [-0.1, -0.05) is 24.6 Å². The normalized spacial score (nSPS) is 22.2. The van der Waals surface area contributed by atoms with Crippen LogP contribution in [-0.4, -0.2) is 36.0 Å². The molecule has 2 unspecified atom stereocenters. The second kappa shape index (κ2) is 6.41. The van der Waals surface area contributed by atoms with Gasteiger partial charge in [-0.15, -0.1) is 0 Å². The highest BCUT2D eigenvalue weighted by atomic mass is 35.5. The van der Waals surface area contributed by atoms with Crippen LogP contribution >= 0.6 is 11.6 Å². The fraction of sp³-hybridized carbons (Fsp3) is 0.500. The van der Waals surface area contributed by atoms with E-state index in [2.05, 4.69) is 4.90 Å². The molecule has 0 N–H and O–H groups in total. The van der Waals surface area contributed by atoms with Crippen LogP contribution in [0.1, 0.15) is 12.5 Å². The van der Waals surface area contributed by atoms with Crippen LogP contribution in [0.25, 0.3) is 0 Å². The molecule has 7 heteroatoms. The van der Waals surface area contributed by atoms with Gasteiger partial charge >= 0.3 is 5.97 Å². The minimum atomic E-state index is -0.490. The van der Waals surface area contributed by atoms with Gasteiger partial charge in [-0.05, 0) is 17.5 Å². The van der Waals surface area contributed by atoms with Crippen molar-refractivity contribution in [1.82, 2.24) is 4.90 Å². The number of methoxy groups -OCH3 is 1. The van der Waals surface area contributed by atoms with Crippen molar-refractivity contribution in [3.05, 3.63) is 38.9 Å². The van der Waals surface area contributed by atoms with E-state index < -0.39 is 4.92 Å². The first-order chi connectivity index (χ1) is 9.92. The van der Waals surface area contributed by atoms with Gasteiger partial charge in [0, 0.05) is 25.7 Å². The number of nitro groups is 1. The summed E-state index contributed by atoms with van der Waals surface area (Å²) in [5.41, 5.74) is 0.717. The second-order valence-electron chi connectivity index (χ2n) is 5.34. The molecule has 1 aliphatic rings. The maximum absolute atomic E-state index is 11.7. The van der Waals surface area contributed by atoms with Gasteiger partial charge in [-0.2, -0.15) is 0 Å². The number of likely N-dealkylation sites (tertiary alicyclic amines) is 1. The lowest BCUT2D eigenvalue weighted by Gasteiger charge is -2.15. The van der Waals surface area contributed by atoms with Crippen LogP contribution in [0.2, 0.25) is 5.02 Å². The summed E-state index contributed by atoms with van der Waals surface area (Å²) in [6.07, 6.45) is 0. The number of hydrogen-bond donors (Lipinski definition) is 0. The van der Waals surface area contributed by atoms with E-state index in [1.54, 1.807) is 6.07 Å². The van der Waals surface area contributed by atoms with Crippen LogP contribution in [0.15, 0.2) is 18.2 Å². The monoisotopic (exact) mass is 312 g/mol. The molecule has 0 amide bonds. The van der Waals surface area contributed by atoms with Crippen LogP contribution in [0, 0.1) is 22.0 Å². The summed E-state index contributed by atoms with van der Waals surface area (Å²) in [5, 5.41) is 11.0. The van der Waals surface area contributed by atoms with Crippen molar-refractivity contribution >= 4 is 23.3 Å². The zero-order valence-electron chi connectivity index (χ0n) is 11.9. The summed E-state index contributed by atoms with van der Waals surface area (Å²) in [7, 11) is 1.39. The summed E-state index contributed by atoms with van der Waals surface area (Å²) in [6, 6.07) is 4.79. The topological polar surface area (TPSA) is 72.7 Å². The van der Waals surface area contributed by atoms with Crippen molar-refractivity contribution in [2.75, 3.05) is 20.2 Å². The van der Waals surface area contributed by atoms with Gasteiger partial charge in [-0.3, -0.25) is 19.8 Å². The van der Waals surface area contributed by atoms with E-state index in [0.717, 1.165) is 12.1 Å². The number of rotatable bonds is 4. The molecule has 2 atom stereocenters. The van der Waals surface area contributed by atoms with Gasteiger partial charge in [0.2, 0.25) is 0 Å². The number of nitrogens with zero attached hydrogens (tertiary/aromatic N) is 2. The Bertz CT molecular complexity index is 564. The molecule has 0 spiro atoms. The summed E-state index contributed by atoms with van der Waals surface area (Å²) in [6.45, 7) is 3.92. The van der Waals surface area contributed by atoms with Crippen LogP contribution in [0.3, 0.4) is 0 Å². The summed E-state index contributed by atoms with van der Waals surface area (Å²) in [4.78, 5) is 24.2. The molecule has 0 bridgehead atoms. The molecule has 0 radical (unpaired) electrons. The number of halogens is 1.